The monoisotopic (exact) mass is 220 g/mol. The summed E-state index contributed by atoms with van der Waals surface area (Å²) in [4.78, 5) is 12.9. The van der Waals surface area contributed by atoms with Crippen molar-refractivity contribution in [1.29, 1.82) is 0 Å². The van der Waals surface area contributed by atoms with Crippen molar-refractivity contribution in [1.82, 2.24) is 4.90 Å². The van der Waals surface area contributed by atoms with Crippen molar-refractivity contribution in [2.24, 2.45) is 0 Å². The molecule has 0 radical (unpaired) electrons. The van der Waals surface area contributed by atoms with Crippen molar-refractivity contribution in [2.45, 2.75) is 39.4 Å². The number of hydrogen-bond donors (Lipinski definition) is 0. The predicted molar refractivity (Wildman–Crippen MR) is 62.1 cm³/mol. The molecule has 0 fully saturated rings. The van der Waals surface area contributed by atoms with Crippen LogP contribution < -0.4 is 0 Å². The Morgan fingerprint density at radius 2 is 2.00 bits per heavy atom. The number of rotatable bonds is 1. The molecule has 4 heteroatoms. The standard InChI is InChI=1S/C12H16N2O2/c1-12(2,3)13-7-9-5-4-6-11(14(15)16)10(9)8-13/h4-6H,7-8H2,1-3H3. The van der Waals surface area contributed by atoms with E-state index in [0.29, 0.717) is 6.54 Å². The minimum absolute atomic E-state index is 0.0485. The minimum atomic E-state index is -0.287. The summed E-state index contributed by atoms with van der Waals surface area (Å²) in [7, 11) is 0. The molecule has 1 aromatic rings. The van der Waals surface area contributed by atoms with Crippen LogP contribution in [0.25, 0.3) is 0 Å². The molecule has 16 heavy (non-hydrogen) atoms. The van der Waals surface area contributed by atoms with Gasteiger partial charge in [-0.2, -0.15) is 0 Å². The Balaban J connectivity index is 2.38. The zero-order chi connectivity index (χ0) is 11.9. The lowest BCUT2D eigenvalue weighted by Gasteiger charge is -2.31. The molecule has 1 heterocycles. The van der Waals surface area contributed by atoms with Gasteiger partial charge >= 0.3 is 0 Å². The maximum Gasteiger partial charge on any atom is 0.274 e. The fraction of sp³-hybridized carbons (Fsp3) is 0.500. The highest BCUT2D eigenvalue weighted by Crippen LogP contribution is 2.34. The molecule has 0 saturated carbocycles. The fourth-order valence-electron chi connectivity index (χ4n) is 2.05. The van der Waals surface area contributed by atoms with E-state index in [-0.39, 0.29) is 16.1 Å². The summed E-state index contributed by atoms with van der Waals surface area (Å²) in [5, 5.41) is 10.9. The average molecular weight is 220 g/mol. The average Bonchev–Trinajstić information content (AvgIpc) is 2.59. The molecule has 2 rings (SSSR count). The smallest absolute Gasteiger partial charge is 0.274 e. The van der Waals surface area contributed by atoms with Crippen molar-refractivity contribution in [3.8, 4) is 0 Å². The molecule has 0 N–H and O–H groups in total. The molecule has 0 spiro atoms. The second-order valence-corrected chi connectivity index (χ2v) is 5.20. The summed E-state index contributed by atoms with van der Waals surface area (Å²) in [5.74, 6) is 0. The molecule has 0 amide bonds. The second kappa shape index (κ2) is 3.56. The van der Waals surface area contributed by atoms with Gasteiger partial charge in [-0.3, -0.25) is 15.0 Å². The molecule has 0 aromatic heterocycles. The van der Waals surface area contributed by atoms with Crippen LogP contribution in [0.15, 0.2) is 18.2 Å². The Morgan fingerprint density at radius 1 is 1.31 bits per heavy atom. The van der Waals surface area contributed by atoms with Crippen molar-refractivity contribution < 1.29 is 4.92 Å². The van der Waals surface area contributed by atoms with Crippen LogP contribution in [0, 0.1) is 10.1 Å². The van der Waals surface area contributed by atoms with Crippen LogP contribution in [0.1, 0.15) is 31.9 Å². The first-order valence-electron chi connectivity index (χ1n) is 5.40. The number of nitro benzene ring substituents is 1. The number of nitrogens with zero attached hydrogens (tertiary/aromatic N) is 2. The van der Waals surface area contributed by atoms with Crippen LogP contribution in [0.4, 0.5) is 5.69 Å². The number of hydrogen-bond acceptors (Lipinski definition) is 3. The van der Waals surface area contributed by atoms with Gasteiger partial charge in [0.2, 0.25) is 0 Å². The lowest BCUT2D eigenvalue weighted by atomic mass is 10.1. The lowest BCUT2D eigenvalue weighted by Crippen LogP contribution is -2.36. The Labute approximate surface area is 95.0 Å². The fourth-order valence-corrected chi connectivity index (χ4v) is 2.05. The molecule has 86 valence electrons. The number of fused-ring (bicyclic) bond motifs is 1. The van der Waals surface area contributed by atoms with Gasteiger partial charge in [0.1, 0.15) is 0 Å². The Hall–Kier alpha value is -1.42. The van der Waals surface area contributed by atoms with Crippen LogP contribution >= 0.6 is 0 Å². The lowest BCUT2D eigenvalue weighted by molar-refractivity contribution is -0.385. The highest BCUT2D eigenvalue weighted by Gasteiger charge is 2.32. The summed E-state index contributed by atoms with van der Waals surface area (Å²) < 4.78 is 0. The van der Waals surface area contributed by atoms with Crippen molar-refractivity contribution in [3.05, 3.63) is 39.4 Å². The Morgan fingerprint density at radius 3 is 2.56 bits per heavy atom. The largest absolute Gasteiger partial charge is 0.290 e. The first-order chi connectivity index (χ1) is 7.39. The molecule has 1 aromatic carbocycles. The third-order valence-corrected chi connectivity index (χ3v) is 3.10. The molecule has 0 unspecified atom stereocenters. The molecule has 0 atom stereocenters. The van der Waals surface area contributed by atoms with Crippen LogP contribution in [-0.2, 0) is 13.1 Å². The van der Waals surface area contributed by atoms with Crippen LogP contribution in [-0.4, -0.2) is 15.4 Å². The van der Waals surface area contributed by atoms with Gasteiger partial charge < -0.3 is 0 Å². The minimum Gasteiger partial charge on any atom is -0.290 e. The van der Waals surface area contributed by atoms with E-state index in [1.54, 1.807) is 12.1 Å². The molecule has 0 bridgehead atoms. The maximum atomic E-state index is 10.9. The number of nitro groups is 1. The van der Waals surface area contributed by atoms with E-state index >= 15 is 0 Å². The Bertz CT molecular complexity index is 435. The van der Waals surface area contributed by atoms with Gasteiger partial charge in [0, 0.05) is 30.3 Å². The zero-order valence-electron chi connectivity index (χ0n) is 9.86. The van der Waals surface area contributed by atoms with Crippen LogP contribution in [0.5, 0.6) is 0 Å². The molecule has 1 aliphatic heterocycles. The summed E-state index contributed by atoms with van der Waals surface area (Å²) in [6, 6.07) is 5.34. The van der Waals surface area contributed by atoms with Crippen molar-refractivity contribution in [3.63, 3.8) is 0 Å². The molecular weight excluding hydrogens is 204 g/mol. The SMILES string of the molecule is CC(C)(C)N1Cc2cccc([N+](=O)[O-])c2C1. The molecule has 0 aliphatic carbocycles. The van der Waals surface area contributed by atoms with Gasteiger partial charge in [-0.1, -0.05) is 12.1 Å². The Kier molecular flexibility index (Phi) is 2.46. The van der Waals surface area contributed by atoms with Gasteiger partial charge in [-0.15, -0.1) is 0 Å². The van der Waals surface area contributed by atoms with Crippen molar-refractivity contribution in [2.75, 3.05) is 0 Å². The zero-order valence-corrected chi connectivity index (χ0v) is 9.86. The highest BCUT2D eigenvalue weighted by atomic mass is 16.6. The van der Waals surface area contributed by atoms with E-state index in [1.807, 2.05) is 6.07 Å². The van der Waals surface area contributed by atoms with Gasteiger partial charge in [0.05, 0.1) is 4.92 Å². The van der Waals surface area contributed by atoms with E-state index in [0.717, 1.165) is 17.7 Å². The molecule has 4 nitrogen and oxygen atoms in total. The molecular formula is C12H16N2O2. The van der Waals surface area contributed by atoms with E-state index < -0.39 is 0 Å². The molecule has 0 saturated heterocycles. The summed E-state index contributed by atoms with van der Waals surface area (Å²) in [6.45, 7) is 7.87. The first kappa shape index (κ1) is 11.1. The summed E-state index contributed by atoms with van der Waals surface area (Å²) in [6.07, 6.45) is 0. The van der Waals surface area contributed by atoms with Crippen molar-refractivity contribution >= 4 is 5.69 Å². The van der Waals surface area contributed by atoms with Crippen LogP contribution in [0.3, 0.4) is 0 Å². The third kappa shape index (κ3) is 1.80. The second-order valence-electron chi connectivity index (χ2n) is 5.20. The van der Waals surface area contributed by atoms with E-state index in [1.165, 1.54) is 0 Å². The van der Waals surface area contributed by atoms with Gasteiger partial charge in [-0.05, 0) is 26.3 Å². The topological polar surface area (TPSA) is 46.4 Å². The van der Waals surface area contributed by atoms with Gasteiger partial charge in [-0.25, -0.2) is 0 Å². The summed E-state index contributed by atoms with van der Waals surface area (Å²) in [5.41, 5.74) is 2.27. The van der Waals surface area contributed by atoms with E-state index in [9.17, 15) is 10.1 Å². The van der Waals surface area contributed by atoms with Gasteiger partial charge in [0.25, 0.3) is 5.69 Å². The normalized spacial score (nSPS) is 16.2. The summed E-state index contributed by atoms with van der Waals surface area (Å²) >= 11 is 0. The quantitative estimate of drug-likeness (QED) is 0.540. The molecule has 1 aliphatic rings. The van der Waals surface area contributed by atoms with Crippen LogP contribution in [0.2, 0.25) is 0 Å². The highest BCUT2D eigenvalue weighted by molar-refractivity contribution is 5.47. The predicted octanol–water partition coefficient (Wildman–Crippen LogP) is 2.71. The maximum absolute atomic E-state index is 10.9. The van der Waals surface area contributed by atoms with E-state index in [4.69, 9.17) is 0 Å². The third-order valence-electron chi connectivity index (χ3n) is 3.10. The van der Waals surface area contributed by atoms with Gasteiger partial charge in [0.15, 0.2) is 0 Å². The number of benzene rings is 1. The first-order valence-corrected chi connectivity index (χ1v) is 5.40. The van der Waals surface area contributed by atoms with E-state index in [2.05, 4.69) is 25.7 Å².